The lowest BCUT2D eigenvalue weighted by Crippen LogP contribution is -2.47. The summed E-state index contributed by atoms with van der Waals surface area (Å²) >= 11 is 0. The van der Waals surface area contributed by atoms with Crippen molar-refractivity contribution in [3.63, 3.8) is 0 Å². The fourth-order valence-corrected chi connectivity index (χ4v) is 9.93. The Morgan fingerprint density at radius 3 is 1.96 bits per heavy atom. The molecule has 0 spiro atoms. The van der Waals surface area contributed by atoms with Crippen LogP contribution in [-0.2, 0) is 4.43 Å². The molecular formula is C20H38OSi2. The Kier molecular flexibility index (Phi) is 7.22. The predicted octanol–water partition coefficient (Wildman–Crippen LogP) is 6.74. The van der Waals surface area contributed by atoms with Crippen LogP contribution >= 0.6 is 0 Å². The quantitative estimate of drug-likeness (QED) is 0.394. The first-order valence-corrected chi connectivity index (χ1v) is 15.1. The number of rotatable bonds is 5. The van der Waals surface area contributed by atoms with Crippen molar-refractivity contribution in [2.45, 2.75) is 97.1 Å². The summed E-state index contributed by atoms with van der Waals surface area (Å²) in [6.45, 7) is 21.1. The normalized spacial score (nSPS) is 19.7. The highest BCUT2D eigenvalue weighted by atomic mass is 28.4. The molecule has 0 aliphatic heterocycles. The first kappa shape index (κ1) is 20.6. The van der Waals surface area contributed by atoms with Crippen molar-refractivity contribution >= 4 is 16.4 Å². The lowest BCUT2D eigenvalue weighted by atomic mass is 9.96. The Morgan fingerprint density at radius 1 is 1.00 bits per heavy atom. The van der Waals surface area contributed by atoms with E-state index in [4.69, 9.17) is 4.43 Å². The summed E-state index contributed by atoms with van der Waals surface area (Å²) in [5.74, 6) is 5.19. The summed E-state index contributed by atoms with van der Waals surface area (Å²) in [7, 11) is -3.10. The fraction of sp³-hybridized carbons (Fsp3) is 0.800. The summed E-state index contributed by atoms with van der Waals surface area (Å²) in [6.07, 6.45) is 5.87. The van der Waals surface area contributed by atoms with Gasteiger partial charge in [0.1, 0.15) is 8.07 Å². The number of hydrogen-bond acceptors (Lipinski definition) is 1. The molecule has 0 bridgehead atoms. The molecule has 1 rings (SSSR count). The van der Waals surface area contributed by atoms with Crippen LogP contribution in [0.25, 0.3) is 0 Å². The first-order valence-electron chi connectivity index (χ1n) is 9.41. The number of hydrogen-bond donors (Lipinski definition) is 0. The summed E-state index contributed by atoms with van der Waals surface area (Å²) in [5, 5.41) is 0. The van der Waals surface area contributed by atoms with E-state index in [-0.39, 0.29) is 0 Å². The van der Waals surface area contributed by atoms with Gasteiger partial charge in [-0.05, 0) is 35.5 Å². The van der Waals surface area contributed by atoms with Crippen LogP contribution in [0.5, 0.6) is 0 Å². The summed E-state index contributed by atoms with van der Waals surface area (Å²) in [5.41, 5.74) is 5.45. The van der Waals surface area contributed by atoms with Crippen LogP contribution in [-0.4, -0.2) is 16.4 Å². The Hall–Kier alpha value is -0.466. The highest BCUT2D eigenvalue weighted by Gasteiger charge is 2.47. The lowest BCUT2D eigenvalue weighted by Gasteiger charge is -2.43. The highest BCUT2D eigenvalue weighted by molar-refractivity contribution is 6.83. The van der Waals surface area contributed by atoms with Gasteiger partial charge < -0.3 is 4.43 Å². The molecule has 0 saturated carbocycles. The smallest absolute Gasteiger partial charge is 0.258 e. The Bertz CT molecular complexity index is 450. The van der Waals surface area contributed by atoms with Gasteiger partial charge >= 0.3 is 0 Å². The zero-order valence-electron chi connectivity index (χ0n) is 16.9. The van der Waals surface area contributed by atoms with Crippen LogP contribution in [0.3, 0.4) is 0 Å². The zero-order chi connectivity index (χ0) is 17.8. The van der Waals surface area contributed by atoms with Crippen LogP contribution < -0.4 is 0 Å². The zero-order valence-corrected chi connectivity index (χ0v) is 18.9. The maximum Gasteiger partial charge on any atom is 0.258 e. The summed E-state index contributed by atoms with van der Waals surface area (Å²) < 4.78 is 6.87. The summed E-state index contributed by atoms with van der Waals surface area (Å²) in [4.78, 5) is 0. The molecule has 1 unspecified atom stereocenters. The molecule has 0 aromatic heterocycles. The van der Waals surface area contributed by atoms with E-state index >= 15 is 0 Å². The highest BCUT2D eigenvalue weighted by Crippen LogP contribution is 2.44. The van der Waals surface area contributed by atoms with Crippen molar-refractivity contribution in [2.75, 3.05) is 0 Å². The van der Waals surface area contributed by atoms with Crippen LogP contribution in [0.15, 0.2) is 11.8 Å². The van der Waals surface area contributed by atoms with Gasteiger partial charge in [0.05, 0.1) is 5.76 Å². The van der Waals surface area contributed by atoms with Gasteiger partial charge in [-0.25, -0.2) is 0 Å². The van der Waals surface area contributed by atoms with Crippen molar-refractivity contribution < 1.29 is 4.43 Å². The van der Waals surface area contributed by atoms with E-state index in [9.17, 15) is 0 Å². The predicted molar refractivity (Wildman–Crippen MR) is 109 cm³/mol. The standard InChI is InChI=1S/C20H38OSi2/c1-16(2)23(17(3)4,18(5)6)21-20-12-10-11-19(15-20)13-14-22(7,8)9/h15-19H,10-12H2,1-9H3. The molecule has 0 saturated heterocycles. The van der Waals surface area contributed by atoms with Gasteiger partial charge in [0, 0.05) is 12.3 Å². The molecule has 1 aliphatic carbocycles. The van der Waals surface area contributed by atoms with Crippen LogP contribution in [0.1, 0.15) is 60.8 Å². The number of allylic oxidation sites excluding steroid dienone is 2. The van der Waals surface area contributed by atoms with E-state index in [1.807, 2.05) is 0 Å². The third kappa shape index (κ3) is 5.53. The van der Waals surface area contributed by atoms with Crippen LogP contribution in [0.4, 0.5) is 0 Å². The average Bonchev–Trinajstić information content (AvgIpc) is 2.41. The molecule has 1 nitrogen and oxygen atoms in total. The second kappa shape index (κ2) is 8.07. The fourth-order valence-electron chi connectivity index (χ4n) is 3.98. The van der Waals surface area contributed by atoms with Gasteiger partial charge in [0.25, 0.3) is 8.32 Å². The van der Waals surface area contributed by atoms with Crippen molar-refractivity contribution in [1.82, 2.24) is 0 Å². The van der Waals surface area contributed by atoms with Crippen LogP contribution in [0.2, 0.25) is 36.3 Å². The Labute approximate surface area is 147 Å². The first-order chi connectivity index (χ1) is 10.5. The van der Waals surface area contributed by atoms with Crippen molar-refractivity contribution in [1.29, 1.82) is 0 Å². The molecule has 0 aromatic carbocycles. The minimum absolute atomic E-state index is 0.406. The van der Waals surface area contributed by atoms with E-state index in [2.05, 4.69) is 78.7 Å². The van der Waals surface area contributed by atoms with Crippen LogP contribution in [0, 0.1) is 17.4 Å². The molecule has 0 amide bonds. The third-order valence-electron chi connectivity index (χ3n) is 4.97. The molecule has 0 heterocycles. The lowest BCUT2D eigenvalue weighted by molar-refractivity contribution is 0.334. The average molecular weight is 351 g/mol. The van der Waals surface area contributed by atoms with E-state index in [1.54, 1.807) is 0 Å². The monoisotopic (exact) mass is 350 g/mol. The molecule has 0 radical (unpaired) electrons. The maximum absolute atomic E-state index is 6.87. The second-order valence-corrected chi connectivity index (χ2v) is 19.2. The van der Waals surface area contributed by atoms with Gasteiger partial charge in [-0.3, -0.25) is 0 Å². The van der Waals surface area contributed by atoms with E-state index in [1.165, 1.54) is 18.6 Å². The van der Waals surface area contributed by atoms with Gasteiger partial charge in [0.15, 0.2) is 0 Å². The molecule has 1 aliphatic rings. The van der Waals surface area contributed by atoms with Gasteiger partial charge in [-0.1, -0.05) is 61.2 Å². The molecule has 3 heteroatoms. The summed E-state index contributed by atoms with van der Waals surface area (Å²) in [6, 6.07) is 0. The second-order valence-electron chi connectivity index (χ2n) is 9.07. The molecule has 0 N–H and O–H groups in total. The molecular weight excluding hydrogens is 312 g/mol. The van der Waals surface area contributed by atoms with Gasteiger partial charge in [-0.15, -0.1) is 11.5 Å². The van der Waals surface area contributed by atoms with E-state index in [0.717, 1.165) is 6.42 Å². The largest absolute Gasteiger partial charge is 0.546 e. The minimum atomic E-state index is -1.81. The minimum Gasteiger partial charge on any atom is -0.546 e. The molecule has 23 heavy (non-hydrogen) atoms. The molecule has 0 aromatic rings. The van der Waals surface area contributed by atoms with E-state index in [0.29, 0.717) is 22.5 Å². The van der Waals surface area contributed by atoms with Crippen molar-refractivity contribution in [3.8, 4) is 11.5 Å². The maximum atomic E-state index is 6.87. The van der Waals surface area contributed by atoms with Crippen molar-refractivity contribution in [3.05, 3.63) is 11.8 Å². The Balaban J connectivity index is 3.03. The Morgan fingerprint density at radius 2 is 1.52 bits per heavy atom. The molecule has 1 atom stereocenters. The topological polar surface area (TPSA) is 9.23 Å². The van der Waals surface area contributed by atoms with Gasteiger partial charge in [0.2, 0.25) is 0 Å². The molecule has 0 fully saturated rings. The van der Waals surface area contributed by atoms with E-state index < -0.39 is 16.4 Å². The van der Waals surface area contributed by atoms with Crippen molar-refractivity contribution in [2.24, 2.45) is 5.92 Å². The SMILES string of the molecule is CC(C)[Si](OC1=CC(C#C[Si](C)(C)C)CCC1)(C(C)C)C(C)C. The molecule has 132 valence electrons. The van der Waals surface area contributed by atoms with Gasteiger partial charge in [-0.2, -0.15) is 0 Å². The third-order valence-corrected chi connectivity index (χ3v) is 11.9.